The summed E-state index contributed by atoms with van der Waals surface area (Å²) in [7, 11) is 0. The first-order chi connectivity index (χ1) is 16.1. The highest BCUT2D eigenvalue weighted by Crippen LogP contribution is 2.24. The average molecular weight is 443 g/mol. The predicted molar refractivity (Wildman–Crippen MR) is 122 cm³/mol. The van der Waals surface area contributed by atoms with Gasteiger partial charge in [0.05, 0.1) is 6.20 Å². The molecule has 1 aliphatic heterocycles. The first-order valence-electron chi connectivity index (χ1n) is 10.8. The normalized spacial score (nSPS) is 13.5. The zero-order valence-corrected chi connectivity index (χ0v) is 17.8. The lowest BCUT2D eigenvalue weighted by atomic mass is 10.2. The van der Waals surface area contributed by atoms with Gasteiger partial charge in [0.15, 0.2) is 5.82 Å². The van der Waals surface area contributed by atoms with E-state index in [0.717, 1.165) is 17.7 Å². The highest BCUT2D eigenvalue weighted by atomic mass is 19.1. The number of carbonyl (C=O) groups excluding carboxylic acids is 2. The van der Waals surface area contributed by atoms with Crippen LogP contribution in [0.25, 0.3) is 11.5 Å². The molecule has 3 heterocycles. The van der Waals surface area contributed by atoms with E-state index in [4.69, 9.17) is 0 Å². The Kier molecular flexibility index (Phi) is 5.48. The van der Waals surface area contributed by atoms with Crippen molar-refractivity contribution in [3.8, 4) is 11.5 Å². The fourth-order valence-electron chi connectivity index (χ4n) is 4.06. The van der Waals surface area contributed by atoms with E-state index in [1.807, 2.05) is 36.4 Å². The molecule has 0 unspecified atom stereocenters. The van der Waals surface area contributed by atoms with Crippen LogP contribution in [-0.2, 0) is 11.3 Å². The van der Waals surface area contributed by atoms with Crippen molar-refractivity contribution in [2.24, 2.45) is 0 Å². The summed E-state index contributed by atoms with van der Waals surface area (Å²) in [5, 5.41) is 7.23. The monoisotopic (exact) mass is 443 g/mol. The third kappa shape index (κ3) is 4.03. The van der Waals surface area contributed by atoms with Crippen LogP contribution >= 0.6 is 0 Å². The van der Waals surface area contributed by atoms with E-state index in [1.165, 1.54) is 16.9 Å². The van der Waals surface area contributed by atoms with Crippen molar-refractivity contribution in [1.29, 1.82) is 0 Å². The minimum atomic E-state index is -0.436. The Morgan fingerprint density at radius 2 is 1.88 bits per heavy atom. The summed E-state index contributed by atoms with van der Waals surface area (Å²) in [6.45, 7) is 0.995. The molecule has 2 amide bonds. The SMILES string of the molecule is O=C(NCc1cccc(N2CCCC2=O)c1)c1cnn(-c2ccccc2F)c1-n1cccc1. The molecule has 1 aliphatic rings. The molecule has 0 saturated carbocycles. The van der Waals surface area contributed by atoms with Crippen molar-refractivity contribution < 1.29 is 14.0 Å². The number of hydrogen-bond donors (Lipinski definition) is 1. The van der Waals surface area contributed by atoms with Gasteiger partial charge in [-0.1, -0.05) is 24.3 Å². The van der Waals surface area contributed by atoms with Crippen LogP contribution in [0.4, 0.5) is 10.1 Å². The molecular weight excluding hydrogens is 421 g/mol. The van der Waals surface area contributed by atoms with Crippen molar-refractivity contribution >= 4 is 17.5 Å². The predicted octanol–water partition coefficient (Wildman–Crippen LogP) is 3.86. The van der Waals surface area contributed by atoms with Crippen LogP contribution in [0.1, 0.15) is 28.8 Å². The van der Waals surface area contributed by atoms with Gasteiger partial charge in [0.25, 0.3) is 5.91 Å². The van der Waals surface area contributed by atoms with E-state index in [1.54, 1.807) is 40.1 Å². The third-order valence-electron chi connectivity index (χ3n) is 5.67. The molecule has 0 spiro atoms. The highest BCUT2D eigenvalue weighted by molar-refractivity contribution is 5.97. The number of nitrogens with one attached hydrogen (secondary N) is 1. The number of aromatic nitrogens is 3. The Labute approximate surface area is 190 Å². The Morgan fingerprint density at radius 3 is 2.64 bits per heavy atom. The van der Waals surface area contributed by atoms with Gasteiger partial charge >= 0.3 is 0 Å². The van der Waals surface area contributed by atoms with Crippen LogP contribution < -0.4 is 10.2 Å². The van der Waals surface area contributed by atoms with Crippen LogP contribution in [-0.4, -0.2) is 32.7 Å². The van der Waals surface area contributed by atoms with Gasteiger partial charge in [-0.25, -0.2) is 9.07 Å². The van der Waals surface area contributed by atoms with Crippen molar-refractivity contribution in [2.45, 2.75) is 19.4 Å². The topological polar surface area (TPSA) is 72.2 Å². The molecule has 5 rings (SSSR count). The molecule has 166 valence electrons. The van der Waals surface area contributed by atoms with Gasteiger partial charge in [-0.3, -0.25) is 9.59 Å². The van der Waals surface area contributed by atoms with Crippen molar-refractivity contribution in [2.75, 3.05) is 11.4 Å². The molecule has 2 aromatic heterocycles. The summed E-state index contributed by atoms with van der Waals surface area (Å²) in [6, 6.07) is 17.5. The Bertz CT molecular complexity index is 1310. The fraction of sp³-hybridized carbons (Fsp3) is 0.160. The number of benzene rings is 2. The van der Waals surface area contributed by atoms with Crippen LogP contribution in [0.5, 0.6) is 0 Å². The number of halogens is 1. The molecule has 33 heavy (non-hydrogen) atoms. The molecule has 1 saturated heterocycles. The largest absolute Gasteiger partial charge is 0.348 e. The number of nitrogens with zero attached hydrogens (tertiary/aromatic N) is 4. The van der Waals surface area contributed by atoms with E-state index < -0.39 is 5.82 Å². The fourth-order valence-corrected chi connectivity index (χ4v) is 4.06. The number of anilines is 1. The van der Waals surface area contributed by atoms with E-state index in [0.29, 0.717) is 24.3 Å². The van der Waals surface area contributed by atoms with Crippen LogP contribution in [0, 0.1) is 5.82 Å². The lowest BCUT2D eigenvalue weighted by Gasteiger charge is -2.17. The van der Waals surface area contributed by atoms with Gasteiger partial charge in [0, 0.05) is 37.6 Å². The average Bonchev–Trinajstić information content (AvgIpc) is 3.58. The molecule has 0 aliphatic carbocycles. The van der Waals surface area contributed by atoms with E-state index in [2.05, 4.69) is 10.4 Å². The minimum absolute atomic E-state index is 0.119. The number of hydrogen-bond acceptors (Lipinski definition) is 3. The molecular formula is C25H22FN5O2. The lowest BCUT2D eigenvalue weighted by molar-refractivity contribution is -0.117. The second-order valence-corrected chi connectivity index (χ2v) is 7.84. The molecule has 0 bridgehead atoms. The van der Waals surface area contributed by atoms with Gasteiger partial charge in [0.1, 0.15) is 17.1 Å². The first kappa shape index (κ1) is 20.7. The van der Waals surface area contributed by atoms with Gasteiger partial charge in [-0.2, -0.15) is 5.10 Å². The Morgan fingerprint density at radius 1 is 1.06 bits per heavy atom. The maximum atomic E-state index is 14.5. The standard InChI is InChI=1S/C25H22FN5O2/c26-21-9-1-2-10-22(21)31-25(29-12-3-4-13-29)20(17-28-31)24(33)27-16-18-7-5-8-19(15-18)30-14-6-11-23(30)32/h1-5,7-10,12-13,15,17H,6,11,14,16H2,(H,27,33). The van der Waals surface area contributed by atoms with Gasteiger partial charge in [-0.15, -0.1) is 0 Å². The van der Waals surface area contributed by atoms with E-state index >= 15 is 0 Å². The van der Waals surface area contributed by atoms with Crippen LogP contribution in [0.2, 0.25) is 0 Å². The summed E-state index contributed by atoms with van der Waals surface area (Å²) in [4.78, 5) is 26.9. The summed E-state index contributed by atoms with van der Waals surface area (Å²) in [5.41, 5.74) is 2.29. The summed E-state index contributed by atoms with van der Waals surface area (Å²) < 4.78 is 17.6. The van der Waals surface area contributed by atoms with E-state index in [9.17, 15) is 14.0 Å². The van der Waals surface area contributed by atoms with Crippen LogP contribution in [0.15, 0.2) is 79.3 Å². The van der Waals surface area contributed by atoms with Gasteiger partial charge < -0.3 is 14.8 Å². The number of rotatable bonds is 6. The summed E-state index contributed by atoms with van der Waals surface area (Å²) in [6.07, 6.45) is 6.42. The second kappa shape index (κ2) is 8.74. The number of carbonyl (C=O) groups is 2. The molecule has 0 radical (unpaired) electrons. The minimum Gasteiger partial charge on any atom is -0.348 e. The zero-order valence-electron chi connectivity index (χ0n) is 17.8. The molecule has 0 atom stereocenters. The van der Waals surface area contributed by atoms with Gasteiger partial charge in [-0.05, 0) is 48.4 Å². The highest BCUT2D eigenvalue weighted by Gasteiger charge is 2.23. The third-order valence-corrected chi connectivity index (χ3v) is 5.67. The number of amides is 2. The zero-order chi connectivity index (χ0) is 22.8. The molecule has 4 aromatic rings. The van der Waals surface area contributed by atoms with Crippen molar-refractivity contribution in [3.05, 3.63) is 96.2 Å². The van der Waals surface area contributed by atoms with Crippen molar-refractivity contribution in [3.63, 3.8) is 0 Å². The van der Waals surface area contributed by atoms with Crippen molar-refractivity contribution in [1.82, 2.24) is 19.7 Å². The van der Waals surface area contributed by atoms with E-state index in [-0.39, 0.29) is 24.0 Å². The quantitative estimate of drug-likeness (QED) is 0.492. The molecule has 1 N–H and O–H groups in total. The molecule has 7 nitrogen and oxygen atoms in total. The maximum Gasteiger partial charge on any atom is 0.256 e. The van der Waals surface area contributed by atoms with Crippen LogP contribution in [0.3, 0.4) is 0 Å². The van der Waals surface area contributed by atoms with Gasteiger partial charge in [0.2, 0.25) is 5.91 Å². The maximum absolute atomic E-state index is 14.5. The summed E-state index contributed by atoms with van der Waals surface area (Å²) in [5.74, 6) is -0.203. The lowest BCUT2D eigenvalue weighted by Crippen LogP contribution is -2.25. The first-order valence-corrected chi connectivity index (χ1v) is 10.8. The molecule has 2 aromatic carbocycles. The Hall–Kier alpha value is -4.20. The molecule has 8 heteroatoms. The summed E-state index contributed by atoms with van der Waals surface area (Å²) >= 11 is 0. The second-order valence-electron chi connectivity index (χ2n) is 7.84. The Balaban J connectivity index is 1.41. The molecule has 1 fully saturated rings. The smallest absolute Gasteiger partial charge is 0.256 e. The number of para-hydroxylation sites is 1.